The number of benzene rings is 2. The Morgan fingerprint density at radius 2 is 1.87 bits per heavy atom. The predicted molar refractivity (Wildman–Crippen MR) is 118 cm³/mol. The second-order valence-electron chi connectivity index (χ2n) is 6.40. The van der Waals surface area contributed by atoms with Gasteiger partial charge in [0.1, 0.15) is 11.4 Å². The minimum Gasteiger partial charge on any atom is -0.497 e. The first-order valence-corrected chi connectivity index (χ1v) is 9.96. The van der Waals surface area contributed by atoms with Crippen LogP contribution < -0.4 is 20.2 Å². The molecule has 4 rings (SSSR count). The van der Waals surface area contributed by atoms with E-state index in [4.69, 9.17) is 9.57 Å². The molecule has 0 aliphatic rings. The van der Waals surface area contributed by atoms with Crippen molar-refractivity contribution < 1.29 is 14.4 Å². The summed E-state index contributed by atoms with van der Waals surface area (Å²) in [6, 6.07) is 14.7. The number of anilines is 1. The smallest absolute Gasteiger partial charge is 0.301 e. The minimum absolute atomic E-state index is 0.0644. The number of hydrogen-bond donors (Lipinski definition) is 1. The second-order valence-corrected chi connectivity index (χ2v) is 7.31. The van der Waals surface area contributed by atoms with Crippen molar-refractivity contribution in [2.75, 3.05) is 12.3 Å². The van der Waals surface area contributed by atoms with Crippen LogP contribution in [0.15, 0.2) is 65.4 Å². The number of carbonyl (C=O) groups excluding carboxylic acids is 1. The number of methoxy groups -OCH3 is 1. The van der Waals surface area contributed by atoms with Gasteiger partial charge in [-0.15, -0.1) is 10.2 Å². The maximum absolute atomic E-state index is 11.7. The fourth-order valence-electron chi connectivity index (χ4n) is 2.78. The quantitative estimate of drug-likeness (QED) is 0.416. The highest BCUT2D eigenvalue weighted by Crippen LogP contribution is 2.28. The zero-order valence-corrected chi connectivity index (χ0v) is 18.2. The largest absolute Gasteiger partial charge is 0.497 e. The molecular weight excluding hydrogens is 464 g/mol. The number of rotatable bonds is 6. The molecule has 10 heteroatoms. The number of amides is 1. The van der Waals surface area contributed by atoms with Crippen LogP contribution in [0.2, 0.25) is 0 Å². The summed E-state index contributed by atoms with van der Waals surface area (Å²) in [5.41, 5.74) is 4.67. The van der Waals surface area contributed by atoms with Crippen LogP contribution in [0.1, 0.15) is 6.92 Å². The van der Waals surface area contributed by atoms with E-state index < -0.39 is 0 Å². The molecule has 2 heterocycles. The van der Waals surface area contributed by atoms with Gasteiger partial charge in [0.15, 0.2) is 5.75 Å². The summed E-state index contributed by atoms with van der Waals surface area (Å²) in [5, 5.41) is 10.1. The molecule has 0 atom stereocenters. The van der Waals surface area contributed by atoms with E-state index in [2.05, 4.69) is 41.5 Å². The lowest BCUT2D eigenvalue weighted by Gasteiger charge is -2.22. The molecule has 156 valence electrons. The molecule has 1 N–H and O–H groups in total. The van der Waals surface area contributed by atoms with Gasteiger partial charge in [0.05, 0.1) is 18.8 Å². The third-order valence-electron chi connectivity index (χ3n) is 4.23. The Morgan fingerprint density at radius 1 is 1.06 bits per heavy atom. The molecule has 0 saturated carbocycles. The maximum atomic E-state index is 11.7. The Bertz CT molecular complexity index is 1220. The first kappa shape index (κ1) is 20.5. The molecule has 2 aromatic heterocycles. The van der Waals surface area contributed by atoms with Crippen molar-refractivity contribution in [2.24, 2.45) is 0 Å². The lowest BCUT2D eigenvalue weighted by Crippen LogP contribution is -2.45. The van der Waals surface area contributed by atoms with E-state index in [1.54, 1.807) is 37.7 Å². The van der Waals surface area contributed by atoms with Crippen LogP contribution in [-0.2, 0) is 4.79 Å². The highest BCUT2D eigenvalue weighted by Gasteiger charge is 2.17. The summed E-state index contributed by atoms with van der Waals surface area (Å²) in [7, 11) is 1.59. The predicted octanol–water partition coefficient (Wildman–Crippen LogP) is 3.71. The van der Waals surface area contributed by atoms with E-state index in [1.807, 2.05) is 30.3 Å². The van der Waals surface area contributed by atoms with Crippen LogP contribution in [0.5, 0.6) is 11.5 Å². The van der Waals surface area contributed by atoms with E-state index in [9.17, 15) is 4.79 Å². The molecule has 0 aliphatic heterocycles. The first-order valence-electron chi connectivity index (χ1n) is 9.17. The molecule has 9 nitrogen and oxygen atoms in total. The van der Waals surface area contributed by atoms with Crippen molar-refractivity contribution >= 4 is 38.7 Å². The molecule has 0 radical (unpaired) electrons. The standard InChI is InChI=1S/C21H17BrN6O3/c1-13(29)27-28(21-24-12-19(25-26-21)14-3-5-15(22)6-4-14)31-20-9-10-23-18-11-16(30-2)7-8-17(18)20/h3-12H,1-2H3,(H,27,29). The number of pyridine rings is 1. The Kier molecular flexibility index (Phi) is 5.89. The molecule has 2 aromatic carbocycles. The number of fused-ring (bicyclic) bond motifs is 1. The van der Waals surface area contributed by atoms with Gasteiger partial charge < -0.3 is 9.57 Å². The second kappa shape index (κ2) is 8.92. The zero-order valence-electron chi connectivity index (χ0n) is 16.6. The third kappa shape index (κ3) is 4.69. The van der Waals surface area contributed by atoms with Crippen LogP contribution in [0, 0.1) is 0 Å². The number of ether oxygens (including phenoxy) is 1. The lowest BCUT2D eigenvalue weighted by atomic mass is 10.2. The van der Waals surface area contributed by atoms with E-state index in [0.29, 0.717) is 22.7 Å². The summed E-state index contributed by atoms with van der Waals surface area (Å²) in [6.45, 7) is 1.36. The number of hydrazine groups is 1. The van der Waals surface area contributed by atoms with Crippen molar-refractivity contribution in [3.05, 3.63) is 65.4 Å². The Hall–Kier alpha value is -3.79. The number of hydrogen-bond acceptors (Lipinski definition) is 8. The average molecular weight is 481 g/mol. The maximum Gasteiger partial charge on any atom is 0.301 e. The van der Waals surface area contributed by atoms with Crippen LogP contribution >= 0.6 is 15.9 Å². The lowest BCUT2D eigenvalue weighted by molar-refractivity contribution is -0.120. The van der Waals surface area contributed by atoms with Gasteiger partial charge >= 0.3 is 5.95 Å². The van der Waals surface area contributed by atoms with Gasteiger partial charge in [0.25, 0.3) is 0 Å². The molecule has 0 unspecified atom stereocenters. The third-order valence-corrected chi connectivity index (χ3v) is 4.76. The van der Waals surface area contributed by atoms with Crippen LogP contribution in [0.4, 0.5) is 5.95 Å². The normalized spacial score (nSPS) is 10.5. The number of halogens is 1. The fraction of sp³-hybridized carbons (Fsp3) is 0.0952. The Balaban J connectivity index is 1.64. The summed E-state index contributed by atoms with van der Waals surface area (Å²) in [4.78, 5) is 26.3. The first-order chi connectivity index (χ1) is 15.0. The van der Waals surface area contributed by atoms with Crippen LogP contribution in [0.3, 0.4) is 0 Å². The number of nitrogens with zero attached hydrogens (tertiary/aromatic N) is 5. The molecule has 0 bridgehead atoms. The summed E-state index contributed by atoms with van der Waals surface area (Å²) in [5.74, 6) is 0.823. The van der Waals surface area contributed by atoms with E-state index in [-0.39, 0.29) is 11.9 Å². The number of nitrogens with one attached hydrogen (secondary N) is 1. The number of carbonyl (C=O) groups is 1. The van der Waals surface area contributed by atoms with E-state index in [0.717, 1.165) is 20.6 Å². The average Bonchev–Trinajstić information content (AvgIpc) is 2.79. The molecule has 31 heavy (non-hydrogen) atoms. The van der Waals surface area contributed by atoms with Gasteiger partial charge in [0.2, 0.25) is 5.91 Å². The van der Waals surface area contributed by atoms with Gasteiger partial charge in [0, 0.05) is 40.7 Å². The van der Waals surface area contributed by atoms with Crippen molar-refractivity contribution in [2.45, 2.75) is 6.92 Å². The van der Waals surface area contributed by atoms with Gasteiger partial charge in [-0.25, -0.2) is 10.4 Å². The topological polar surface area (TPSA) is 102 Å². The molecular formula is C21H17BrN6O3. The van der Waals surface area contributed by atoms with Crippen LogP contribution in [0.25, 0.3) is 22.2 Å². The molecule has 0 fully saturated rings. The molecule has 4 aromatic rings. The summed E-state index contributed by atoms with van der Waals surface area (Å²) < 4.78 is 6.20. The fourth-order valence-corrected chi connectivity index (χ4v) is 3.04. The van der Waals surface area contributed by atoms with Gasteiger partial charge in [-0.3, -0.25) is 9.78 Å². The van der Waals surface area contributed by atoms with Crippen molar-refractivity contribution in [3.63, 3.8) is 0 Å². The van der Waals surface area contributed by atoms with Crippen molar-refractivity contribution in [1.29, 1.82) is 0 Å². The van der Waals surface area contributed by atoms with Crippen molar-refractivity contribution in [3.8, 4) is 22.8 Å². The Morgan fingerprint density at radius 3 is 2.55 bits per heavy atom. The zero-order chi connectivity index (χ0) is 21.8. The van der Waals surface area contributed by atoms with Gasteiger partial charge in [-0.05, 0) is 24.3 Å². The monoisotopic (exact) mass is 480 g/mol. The molecule has 0 spiro atoms. The SMILES string of the molecule is COc1ccc2c(ON(NC(C)=O)c3ncc(-c4ccc(Br)cc4)nn3)ccnc2c1. The van der Waals surface area contributed by atoms with Crippen molar-refractivity contribution in [1.82, 2.24) is 25.6 Å². The molecule has 0 saturated heterocycles. The highest BCUT2D eigenvalue weighted by atomic mass is 79.9. The minimum atomic E-state index is -0.361. The van der Waals surface area contributed by atoms with E-state index in [1.165, 1.54) is 6.92 Å². The molecule has 1 amide bonds. The highest BCUT2D eigenvalue weighted by molar-refractivity contribution is 9.10. The van der Waals surface area contributed by atoms with E-state index >= 15 is 0 Å². The molecule has 0 aliphatic carbocycles. The summed E-state index contributed by atoms with van der Waals surface area (Å²) >= 11 is 3.40. The van der Waals surface area contributed by atoms with Gasteiger partial charge in [-0.1, -0.05) is 33.2 Å². The Labute approximate surface area is 186 Å². The summed E-state index contributed by atoms with van der Waals surface area (Å²) in [6.07, 6.45) is 3.15. The van der Waals surface area contributed by atoms with Crippen LogP contribution in [-0.4, -0.2) is 33.2 Å². The number of aromatic nitrogens is 4. The van der Waals surface area contributed by atoms with Gasteiger partial charge in [-0.2, -0.15) is 0 Å².